The van der Waals surface area contributed by atoms with Crippen LogP contribution in [0.4, 0.5) is 8.78 Å². The first-order valence-electron chi connectivity index (χ1n) is 6.88. The number of hydrogen-bond donors (Lipinski definition) is 1. The lowest BCUT2D eigenvalue weighted by molar-refractivity contribution is -0.130. The topological polar surface area (TPSA) is 32.3 Å². The van der Waals surface area contributed by atoms with Gasteiger partial charge >= 0.3 is 0 Å². The normalized spacial score (nSPS) is 23.1. The van der Waals surface area contributed by atoms with Gasteiger partial charge in [0.2, 0.25) is 5.91 Å². The minimum atomic E-state index is -2.36. The molecule has 0 aromatic heterocycles. The molecule has 0 spiro atoms. The summed E-state index contributed by atoms with van der Waals surface area (Å²) in [6, 6.07) is 9.85. The van der Waals surface area contributed by atoms with Crippen molar-refractivity contribution in [3.05, 3.63) is 35.9 Å². The zero-order valence-electron chi connectivity index (χ0n) is 11.6. The standard InChI is InChI=1S/C15H20F2N2O/c1-11(20)19-9-13(12-5-3-2-4-6-12)7-14(10-19)18-8-15(16)17/h2-6,13-15,18H,7-10H2,1H3. The van der Waals surface area contributed by atoms with Crippen LogP contribution in [0, 0.1) is 0 Å². The van der Waals surface area contributed by atoms with Crippen LogP contribution in [0.25, 0.3) is 0 Å². The van der Waals surface area contributed by atoms with Crippen LogP contribution < -0.4 is 5.32 Å². The van der Waals surface area contributed by atoms with Gasteiger partial charge in [0, 0.05) is 32.0 Å². The summed E-state index contributed by atoms with van der Waals surface area (Å²) in [5, 5.41) is 2.86. The summed E-state index contributed by atoms with van der Waals surface area (Å²) >= 11 is 0. The molecule has 0 radical (unpaired) electrons. The van der Waals surface area contributed by atoms with Crippen molar-refractivity contribution in [1.29, 1.82) is 0 Å². The molecule has 3 nitrogen and oxygen atoms in total. The molecule has 0 saturated carbocycles. The minimum Gasteiger partial charge on any atom is -0.341 e. The quantitative estimate of drug-likeness (QED) is 0.918. The van der Waals surface area contributed by atoms with E-state index in [1.807, 2.05) is 30.3 Å². The molecule has 1 aliphatic heterocycles. The SMILES string of the molecule is CC(=O)N1CC(NCC(F)F)CC(c2ccccc2)C1. The fourth-order valence-electron chi connectivity index (χ4n) is 2.73. The molecule has 0 bridgehead atoms. The van der Waals surface area contributed by atoms with Gasteiger partial charge in [0.15, 0.2) is 0 Å². The molecule has 1 aliphatic rings. The fourth-order valence-corrected chi connectivity index (χ4v) is 2.73. The number of hydrogen-bond acceptors (Lipinski definition) is 2. The molecular formula is C15H20F2N2O. The molecule has 2 atom stereocenters. The highest BCUT2D eigenvalue weighted by Crippen LogP contribution is 2.27. The highest BCUT2D eigenvalue weighted by atomic mass is 19.3. The van der Waals surface area contributed by atoms with E-state index in [0.717, 1.165) is 12.0 Å². The predicted octanol–water partition coefficient (Wildman–Crippen LogP) is 2.25. The van der Waals surface area contributed by atoms with Gasteiger partial charge in [-0.3, -0.25) is 4.79 Å². The molecule has 5 heteroatoms. The van der Waals surface area contributed by atoms with E-state index in [4.69, 9.17) is 0 Å². The van der Waals surface area contributed by atoms with Crippen LogP contribution in [0.2, 0.25) is 0 Å². The van der Waals surface area contributed by atoms with E-state index < -0.39 is 6.43 Å². The Morgan fingerprint density at radius 3 is 2.65 bits per heavy atom. The van der Waals surface area contributed by atoms with Gasteiger partial charge < -0.3 is 10.2 Å². The number of piperidine rings is 1. The molecule has 1 heterocycles. The minimum absolute atomic E-state index is 0.00511. The number of likely N-dealkylation sites (tertiary alicyclic amines) is 1. The van der Waals surface area contributed by atoms with Crippen LogP contribution in [0.15, 0.2) is 30.3 Å². The molecule has 1 fully saturated rings. The number of nitrogens with zero attached hydrogens (tertiary/aromatic N) is 1. The van der Waals surface area contributed by atoms with Crippen molar-refractivity contribution in [2.75, 3.05) is 19.6 Å². The third-order valence-electron chi connectivity index (χ3n) is 3.73. The first-order valence-corrected chi connectivity index (χ1v) is 6.88. The Morgan fingerprint density at radius 1 is 1.35 bits per heavy atom. The highest BCUT2D eigenvalue weighted by molar-refractivity contribution is 5.73. The second-order valence-electron chi connectivity index (χ2n) is 5.26. The Morgan fingerprint density at radius 2 is 2.05 bits per heavy atom. The van der Waals surface area contributed by atoms with E-state index in [-0.39, 0.29) is 24.4 Å². The van der Waals surface area contributed by atoms with Gasteiger partial charge in [0.05, 0.1) is 6.54 Å². The molecule has 1 amide bonds. The number of carbonyl (C=O) groups is 1. The molecule has 2 rings (SSSR count). The number of alkyl halides is 2. The first-order chi connectivity index (χ1) is 9.56. The van der Waals surface area contributed by atoms with Crippen LogP contribution in [0.1, 0.15) is 24.8 Å². The monoisotopic (exact) mass is 282 g/mol. The summed E-state index contributed by atoms with van der Waals surface area (Å²) in [6.07, 6.45) is -1.58. The maximum Gasteiger partial charge on any atom is 0.250 e. The van der Waals surface area contributed by atoms with Gasteiger partial charge in [-0.1, -0.05) is 30.3 Å². The van der Waals surface area contributed by atoms with Crippen LogP contribution in [-0.2, 0) is 4.79 Å². The van der Waals surface area contributed by atoms with Gasteiger partial charge in [-0.15, -0.1) is 0 Å². The van der Waals surface area contributed by atoms with Gasteiger partial charge in [0.1, 0.15) is 0 Å². The Balaban J connectivity index is 2.06. The summed E-state index contributed by atoms with van der Waals surface area (Å²) in [5.41, 5.74) is 1.15. The van der Waals surface area contributed by atoms with E-state index in [0.29, 0.717) is 13.1 Å². The summed E-state index contributed by atoms with van der Waals surface area (Å²) in [7, 11) is 0. The second kappa shape index (κ2) is 6.79. The smallest absolute Gasteiger partial charge is 0.250 e. The summed E-state index contributed by atoms with van der Waals surface area (Å²) in [4.78, 5) is 13.3. The van der Waals surface area contributed by atoms with Crippen molar-refractivity contribution in [2.45, 2.75) is 31.7 Å². The van der Waals surface area contributed by atoms with Gasteiger partial charge in [-0.2, -0.15) is 0 Å². The molecule has 1 aromatic carbocycles. The first kappa shape index (κ1) is 14.9. The second-order valence-corrected chi connectivity index (χ2v) is 5.26. The van der Waals surface area contributed by atoms with Crippen LogP contribution in [0.5, 0.6) is 0 Å². The van der Waals surface area contributed by atoms with Crippen LogP contribution >= 0.6 is 0 Å². The number of halogens is 2. The van der Waals surface area contributed by atoms with E-state index in [2.05, 4.69) is 5.32 Å². The Labute approximate surface area is 118 Å². The number of amides is 1. The fraction of sp³-hybridized carbons (Fsp3) is 0.533. The maximum atomic E-state index is 12.3. The van der Waals surface area contributed by atoms with E-state index in [1.54, 1.807) is 4.90 Å². The zero-order valence-corrected chi connectivity index (χ0v) is 11.6. The summed E-state index contributed by atoms with van der Waals surface area (Å²) < 4.78 is 24.6. The van der Waals surface area contributed by atoms with Crippen LogP contribution in [0.3, 0.4) is 0 Å². The lowest BCUT2D eigenvalue weighted by Gasteiger charge is -2.38. The van der Waals surface area contributed by atoms with Crippen molar-refractivity contribution in [1.82, 2.24) is 10.2 Å². The lowest BCUT2D eigenvalue weighted by Crippen LogP contribution is -2.50. The molecule has 20 heavy (non-hydrogen) atoms. The molecular weight excluding hydrogens is 262 g/mol. The van der Waals surface area contributed by atoms with Gasteiger partial charge in [-0.25, -0.2) is 8.78 Å². The molecule has 1 aromatic rings. The molecule has 110 valence electrons. The van der Waals surface area contributed by atoms with Gasteiger partial charge in [0.25, 0.3) is 6.43 Å². The van der Waals surface area contributed by atoms with Crippen LogP contribution in [-0.4, -0.2) is 42.9 Å². The predicted molar refractivity (Wildman–Crippen MR) is 73.8 cm³/mol. The number of carbonyl (C=O) groups excluding carboxylic acids is 1. The van der Waals surface area contributed by atoms with Gasteiger partial charge in [-0.05, 0) is 12.0 Å². The van der Waals surface area contributed by atoms with E-state index in [9.17, 15) is 13.6 Å². The maximum absolute atomic E-state index is 12.3. The van der Waals surface area contributed by atoms with E-state index in [1.165, 1.54) is 6.92 Å². The van der Waals surface area contributed by atoms with Crippen molar-refractivity contribution in [3.63, 3.8) is 0 Å². The number of benzene rings is 1. The van der Waals surface area contributed by atoms with Crippen molar-refractivity contribution < 1.29 is 13.6 Å². The average Bonchev–Trinajstić information content (AvgIpc) is 2.45. The molecule has 2 unspecified atom stereocenters. The average molecular weight is 282 g/mol. The Hall–Kier alpha value is -1.49. The summed E-state index contributed by atoms with van der Waals surface area (Å²) in [5.74, 6) is 0.193. The molecule has 0 aliphatic carbocycles. The summed E-state index contributed by atoms with van der Waals surface area (Å²) in [6.45, 7) is 2.37. The molecule has 1 saturated heterocycles. The largest absolute Gasteiger partial charge is 0.341 e. The number of rotatable bonds is 4. The third kappa shape index (κ3) is 4.00. The molecule has 1 N–H and O–H groups in total. The lowest BCUT2D eigenvalue weighted by atomic mass is 9.88. The number of nitrogens with one attached hydrogen (secondary N) is 1. The highest BCUT2D eigenvalue weighted by Gasteiger charge is 2.29. The van der Waals surface area contributed by atoms with Crippen molar-refractivity contribution >= 4 is 5.91 Å². The van der Waals surface area contributed by atoms with Crippen molar-refractivity contribution in [2.24, 2.45) is 0 Å². The third-order valence-corrected chi connectivity index (χ3v) is 3.73. The van der Waals surface area contributed by atoms with E-state index >= 15 is 0 Å². The zero-order chi connectivity index (χ0) is 14.5. The Bertz CT molecular complexity index is 439. The Kier molecular flexibility index (Phi) is 5.06. The van der Waals surface area contributed by atoms with Crippen molar-refractivity contribution in [3.8, 4) is 0 Å².